The fourth-order valence-corrected chi connectivity index (χ4v) is 2.21. The molecule has 1 saturated carbocycles. The Morgan fingerprint density at radius 3 is 2.76 bits per heavy atom. The number of rotatable bonds is 3. The van der Waals surface area contributed by atoms with Crippen molar-refractivity contribution in [2.75, 3.05) is 5.73 Å². The molecule has 2 rings (SSSR count). The molecule has 1 atom stereocenters. The average molecular weight is 236 g/mol. The predicted molar refractivity (Wildman–Crippen MR) is 66.5 cm³/mol. The molecule has 3 N–H and O–H groups in total. The van der Waals surface area contributed by atoms with E-state index in [0.29, 0.717) is 11.9 Å². The molecule has 0 spiro atoms. The summed E-state index contributed by atoms with van der Waals surface area (Å²) in [5.41, 5.74) is 6.59. The molecule has 1 aromatic heterocycles. The number of nitrogens with two attached hydrogens (primary N) is 1. The van der Waals surface area contributed by atoms with Gasteiger partial charge >= 0.3 is 0 Å². The van der Waals surface area contributed by atoms with Crippen molar-refractivity contribution in [3.8, 4) is 0 Å². The summed E-state index contributed by atoms with van der Waals surface area (Å²) in [5, 5.41) is 7.20. The van der Waals surface area contributed by atoms with Crippen LogP contribution in [0.3, 0.4) is 0 Å². The first-order valence-electron chi connectivity index (χ1n) is 6.19. The summed E-state index contributed by atoms with van der Waals surface area (Å²) in [7, 11) is 0. The molecule has 1 aromatic rings. The molecular weight excluding hydrogens is 216 g/mol. The lowest BCUT2D eigenvalue weighted by molar-refractivity contribution is -0.124. The monoisotopic (exact) mass is 236 g/mol. The van der Waals surface area contributed by atoms with Gasteiger partial charge in [0.25, 0.3) is 0 Å². The third-order valence-corrected chi connectivity index (χ3v) is 3.43. The second kappa shape index (κ2) is 4.77. The second-order valence-electron chi connectivity index (χ2n) is 4.84. The fraction of sp³-hybridized carbons (Fsp3) is 0.667. The van der Waals surface area contributed by atoms with Gasteiger partial charge in [0.2, 0.25) is 5.91 Å². The van der Waals surface area contributed by atoms with Gasteiger partial charge in [0.1, 0.15) is 11.9 Å². The number of aromatic nitrogens is 2. The summed E-state index contributed by atoms with van der Waals surface area (Å²) in [5.74, 6) is 0.518. The summed E-state index contributed by atoms with van der Waals surface area (Å²) in [6.07, 6.45) is 6.44. The molecule has 1 aliphatic rings. The van der Waals surface area contributed by atoms with Crippen molar-refractivity contribution in [3.63, 3.8) is 0 Å². The Kier molecular flexibility index (Phi) is 3.36. The van der Waals surface area contributed by atoms with Crippen LogP contribution in [0.25, 0.3) is 0 Å². The molecule has 1 fully saturated rings. The van der Waals surface area contributed by atoms with Crippen LogP contribution in [0, 0.1) is 6.92 Å². The molecular formula is C12H20N4O. The van der Waals surface area contributed by atoms with Crippen molar-refractivity contribution in [2.45, 2.75) is 51.6 Å². The molecule has 17 heavy (non-hydrogen) atoms. The van der Waals surface area contributed by atoms with E-state index >= 15 is 0 Å². The van der Waals surface area contributed by atoms with Crippen molar-refractivity contribution in [1.82, 2.24) is 15.1 Å². The van der Waals surface area contributed by atoms with E-state index in [1.165, 1.54) is 12.8 Å². The number of carbonyl (C=O) groups is 1. The maximum absolute atomic E-state index is 12.0. The summed E-state index contributed by atoms with van der Waals surface area (Å²) in [4.78, 5) is 12.0. The van der Waals surface area contributed by atoms with E-state index in [4.69, 9.17) is 5.73 Å². The number of hydrogen-bond donors (Lipinski definition) is 2. The van der Waals surface area contributed by atoms with Crippen LogP contribution in [0.15, 0.2) is 6.20 Å². The smallest absolute Gasteiger partial charge is 0.244 e. The minimum absolute atomic E-state index is 0.0272. The zero-order chi connectivity index (χ0) is 12.4. The van der Waals surface area contributed by atoms with Gasteiger partial charge < -0.3 is 11.1 Å². The van der Waals surface area contributed by atoms with E-state index in [0.717, 1.165) is 18.4 Å². The van der Waals surface area contributed by atoms with Crippen LogP contribution in [0.1, 0.15) is 44.2 Å². The van der Waals surface area contributed by atoms with Crippen LogP contribution in [0.2, 0.25) is 0 Å². The molecule has 0 aromatic carbocycles. The van der Waals surface area contributed by atoms with Crippen molar-refractivity contribution in [3.05, 3.63) is 11.8 Å². The lowest BCUT2D eigenvalue weighted by Crippen LogP contribution is -2.37. The number of nitrogens with zero attached hydrogens (tertiary/aromatic N) is 2. The fourth-order valence-electron chi connectivity index (χ4n) is 2.21. The van der Waals surface area contributed by atoms with Gasteiger partial charge in [0.15, 0.2) is 0 Å². The number of anilines is 1. The number of hydrogen-bond acceptors (Lipinski definition) is 3. The largest absolute Gasteiger partial charge is 0.382 e. The normalized spacial score (nSPS) is 18.2. The summed E-state index contributed by atoms with van der Waals surface area (Å²) < 4.78 is 1.63. The van der Waals surface area contributed by atoms with Gasteiger partial charge in [0.05, 0.1) is 0 Å². The number of nitrogens with one attached hydrogen (secondary N) is 1. The van der Waals surface area contributed by atoms with Gasteiger partial charge in [-0.15, -0.1) is 0 Å². The summed E-state index contributed by atoms with van der Waals surface area (Å²) >= 11 is 0. The molecule has 0 radical (unpaired) electrons. The van der Waals surface area contributed by atoms with Crippen molar-refractivity contribution in [1.29, 1.82) is 0 Å². The maximum atomic E-state index is 12.0. The van der Waals surface area contributed by atoms with E-state index in [-0.39, 0.29) is 11.9 Å². The maximum Gasteiger partial charge on any atom is 0.244 e. The topological polar surface area (TPSA) is 72.9 Å². The van der Waals surface area contributed by atoms with Gasteiger partial charge in [-0.3, -0.25) is 9.48 Å². The predicted octanol–water partition coefficient (Wildman–Crippen LogP) is 1.39. The first-order valence-corrected chi connectivity index (χ1v) is 6.19. The first-order chi connectivity index (χ1) is 8.08. The zero-order valence-corrected chi connectivity index (χ0v) is 10.4. The molecule has 1 aliphatic carbocycles. The zero-order valence-electron chi connectivity index (χ0n) is 10.4. The molecule has 1 unspecified atom stereocenters. The van der Waals surface area contributed by atoms with E-state index in [2.05, 4.69) is 10.4 Å². The van der Waals surface area contributed by atoms with Crippen LogP contribution < -0.4 is 11.1 Å². The van der Waals surface area contributed by atoms with Crippen LogP contribution in [0.4, 0.5) is 5.82 Å². The highest BCUT2D eigenvalue weighted by atomic mass is 16.2. The Labute approximate surface area is 101 Å². The Hall–Kier alpha value is -1.52. The Bertz CT molecular complexity index is 387. The Morgan fingerprint density at radius 1 is 1.59 bits per heavy atom. The molecule has 5 heteroatoms. The van der Waals surface area contributed by atoms with Crippen LogP contribution in [-0.4, -0.2) is 21.7 Å². The van der Waals surface area contributed by atoms with Gasteiger partial charge in [-0.2, -0.15) is 5.10 Å². The van der Waals surface area contributed by atoms with Crippen LogP contribution >= 0.6 is 0 Å². The van der Waals surface area contributed by atoms with Crippen LogP contribution in [0.5, 0.6) is 0 Å². The standard InChI is InChI=1S/C12H20N4O/c1-8-7-16(15-11(8)13)9(2)12(17)14-10-5-3-4-6-10/h7,9-10H,3-6H2,1-2H3,(H2,13,15)(H,14,17). The lowest BCUT2D eigenvalue weighted by atomic mass is 10.2. The third kappa shape index (κ3) is 2.60. The molecule has 1 amide bonds. The SMILES string of the molecule is Cc1cn(C(C)C(=O)NC2CCCC2)nc1N. The first kappa shape index (κ1) is 12.0. The number of amides is 1. The molecule has 0 aliphatic heterocycles. The van der Waals surface area contributed by atoms with Crippen LogP contribution in [-0.2, 0) is 4.79 Å². The minimum Gasteiger partial charge on any atom is -0.382 e. The third-order valence-electron chi connectivity index (χ3n) is 3.43. The summed E-state index contributed by atoms with van der Waals surface area (Å²) in [6, 6.07) is 0.0468. The van der Waals surface area contributed by atoms with E-state index in [9.17, 15) is 4.79 Å². The summed E-state index contributed by atoms with van der Waals surface area (Å²) in [6.45, 7) is 3.73. The van der Waals surface area contributed by atoms with Crippen molar-refractivity contribution >= 4 is 11.7 Å². The van der Waals surface area contributed by atoms with E-state index in [1.807, 2.05) is 20.0 Å². The van der Waals surface area contributed by atoms with E-state index < -0.39 is 0 Å². The number of nitrogen functional groups attached to an aromatic ring is 1. The second-order valence-corrected chi connectivity index (χ2v) is 4.84. The van der Waals surface area contributed by atoms with Gasteiger partial charge in [-0.25, -0.2) is 0 Å². The quantitative estimate of drug-likeness (QED) is 0.833. The van der Waals surface area contributed by atoms with Crippen molar-refractivity contribution < 1.29 is 4.79 Å². The molecule has 1 heterocycles. The Morgan fingerprint density at radius 2 is 2.24 bits per heavy atom. The van der Waals surface area contributed by atoms with Gasteiger partial charge in [-0.1, -0.05) is 12.8 Å². The van der Waals surface area contributed by atoms with Gasteiger partial charge in [-0.05, 0) is 26.7 Å². The molecule has 94 valence electrons. The number of aryl methyl sites for hydroxylation is 1. The molecule has 0 bridgehead atoms. The number of carbonyl (C=O) groups excluding carboxylic acids is 1. The van der Waals surface area contributed by atoms with E-state index in [1.54, 1.807) is 4.68 Å². The minimum atomic E-state index is -0.299. The Balaban J connectivity index is 1.98. The highest BCUT2D eigenvalue weighted by Crippen LogP contribution is 2.19. The van der Waals surface area contributed by atoms with Crippen molar-refractivity contribution in [2.24, 2.45) is 0 Å². The van der Waals surface area contributed by atoms with Gasteiger partial charge in [0, 0.05) is 17.8 Å². The molecule has 0 saturated heterocycles. The molecule has 5 nitrogen and oxygen atoms in total. The highest BCUT2D eigenvalue weighted by molar-refractivity contribution is 5.80. The average Bonchev–Trinajstić information content (AvgIpc) is 2.89. The lowest BCUT2D eigenvalue weighted by Gasteiger charge is -2.16. The highest BCUT2D eigenvalue weighted by Gasteiger charge is 2.22.